The lowest BCUT2D eigenvalue weighted by Crippen LogP contribution is -2.46. The average molecular weight is 317 g/mol. The standard InChI is InChI=1S/C16H22F3NO2/c1-11-6-7-20(10-15(11)22)9-13(21)8-12-4-2-3-5-14(12)16(17,18)19/h2-5,11,13,15,21-22H,6-10H2,1H3. The highest BCUT2D eigenvalue weighted by Gasteiger charge is 2.33. The second kappa shape index (κ2) is 6.98. The number of aliphatic hydroxyl groups excluding tert-OH is 2. The van der Waals surface area contributed by atoms with Crippen LogP contribution in [0.25, 0.3) is 0 Å². The van der Waals surface area contributed by atoms with Crippen LogP contribution in [-0.2, 0) is 12.6 Å². The quantitative estimate of drug-likeness (QED) is 0.896. The molecule has 1 aromatic carbocycles. The molecule has 1 fully saturated rings. The maximum Gasteiger partial charge on any atom is 0.416 e. The van der Waals surface area contributed by atoms with Crippen LogP contribution in [0.5, 0.6) is 0 Å². The number of hydrogen-bond donors (Lipinski definition) is 2. The summed E-state index contributed by atoms with van der Waals surface area (Å²) in [5.41, 5.74) is -0.588. The van der Waals surface area contributed by atoms with Gasteiger partial charge in [-0.1, -0.05) is 25.1 Å². The van der Waals surface area contributed by atoms with Gasteiger partial charge < -0.3 is 10.2 Å². The molecule has 0 aromatic heterocycles. The highest BCUT2D eigenvalue weighted by Crippen LogP contribution is 2.32. The van der Waals surface area contributed by atoms with E-state index in [9.17, 15) is 23.4 Å². The molecule has 1 aliphatic rings. The van der Waals surface area contributed by atoms with Crippen molar-refractivity contribution in [1.29, 1.82) is 0 Å². The topological polar surface area (TPSA) is 43.7 Å². The highest BCUT2D eigenvalue weighted by atomic mass is 19.4. The first-order valence-electron chi connectivity index (χ1n) is 7.51. The molecule has 124 valence electrons. The molecule has 0 saturated carbocycles. The zero-order valence-electron chi connectivity index (χ0n) is 12.6. The van der Waals surface area contributed by atoms with Crippen LogP contribution < -0.4 is 0 Å². The zero-order chi connectivity index (χ0) is 16.3. The first-order valence-corrected chi connectivity index (χ1v) is 7.51. The lowest BCUT2D eigenvalue weighted by Gasteiger charge is -2.35. The summed E-state index contributed by atoms with van der Waals surface area (Å²) in [6, 6.07) is 5.33. The van der Waals surface area contributed by atoms with Gasteiger partial charge >= 0.3 is 6.18 Å². The zero-order valence-corrected chi connectivity index (χ0v) is 12.6. The van der Waals surface area contributed by atoms with Gasteiger partial charge in [-0.25, -0.2) is 0 Å². The van der Waals surface area contributed by atoms with Crippen molar-refractivity contribution in [3.63, 3.8) is 0 Å². The summed E-state index contributed by atoms with van der Waals surface area (Å²) in [7, 11) is 0. The summed E-state index contributed by atoms with van der Waals surface area (Å²) in [6.45, 7) is 3.45. The van der Waals surface area contributed by atoms with Gasteiger partial charge in [0.15, 0.2) is 0 Å². The first kappa shape index (κ1) is 17.2. The van der Waals surface area contributed by atoms with Crippen molar-refractivity contribution in [3.8, 4) is 0 Å². The molecule has 1 saturated heterocycles. The molecule has 1 aliphatic heterocycles. The largest absolute Gasteiger partial charge is 0.416 e. The fourth-order valence-corrected chi connectivity index (χ4v) is 2.87. The van der Waals surface area contributed by atoms with Gasteiger partial charge in [0.25, 0.3) is 0 Å². The van der Waals surface area contributed by atoms with Gasteiger partial charge in [0.05, 0.1) is 17.8 Å². The van der Waals surface area contributed by atoms with E-state index >= 15 is 0 Å². The Morgan fingerprint density at radius 3 is 2.64 bits per heavy atom. The van der Waals surface area contributed by atoms with Crippen LogP contribution in [-0.4, -0.2) is 47.0 Å². The number of nitrogens with zero attached hydrogens (tertiary/aromatic N) is 1. The number of likely N-dealkylation sites (tertiary alicyclic amines) is 1. The summed E-state index contributed by atoms with van der Waals surface area (Å²) in [6.07, 6.45) is -4.95. The summed E-state index contributed by atoms with van der Waals surface area (Å²) in [5, 5.41) is 19.9. The minimum atomic E-state index is -4.41. The number of aliphatic hydroxyl groups is 2. The molecule has 2 rings (SSSR count). The SMILES string of the molecule is CC1CCN(CC(O)Cc2ccccc2C(F)(F)F)CC1O. The summed E-state index contributed by atoms with van der Waals surface area (Å²) in [4.78, 5) is 1.91. The average Bonchev–Trinajstić information content (AvgIpc) is 2.42. The molecule has 0 radical (unpaired) electrons. The monoisotopic (exact) mass is 317 g/mol. The van der Waals surface area contributed by atoms with E-state index in [1.165, 1.54) is 12.1 Å². The third-order valence-corrected chi connectivity index (χ3v) is 4.25. The Morgan fingerprint density at radius 1 is 1.32 bits per heavy atom. The fourth-order valence-electron chi connectivity index (χ4n) is 2.87. The van der Waals surface area contributed by atoms with E-state index in [0.29, 0.717) is 6.54 Å². The van der Waals surface area contributed by atoms with E-state index in [-0.39, 0.29) is 24.4 Å². The van der Waals surface area contributed by atoms with Crippen LogP contribution >= 0.6 is 0 Å². The van der Waals surface area contributed by atoms with E-state index in [1.807, 2.05) is 11.8 Å². The molecule has 3 atom stereocenters. The number of β-amino-alcohol motifs (C(OH)–C–C–N with tert-alkyl or cyclic N) is 2. The maximum absolute atomic E-state index is 12.9. The molecule has 1 aromatic rings. The number of rotatable bonds is 4. The molecule has 3 unspecified atom stereocenters. The Hall–Kier alpha value is -1.11. The van der Waals surface area contributed by atoms with Crippen LogP contribution in [0.4, 0.5) is 13.2 Å². The second-order valence-corrected chi connectivity index (χ2v) is 6.11. The van der Waals surface area contributed by atoms with E-state index in [1.54, 1.807) is 6.07 Å². The van der Waals surface area contributed by atoms with Gasteiger partial charge in [0.2, 0.25) is 0 Å². The minimum absolute atomic E-state index is 0.0438. The van der Waals surface area contributed by atoms with E-state index in [2.05, 4.69) is 0 Å². The molecule has 0 aliphatic carbocycles. The summed E-state index contributed by atoms with van der Waals surface area (Å²) < 4.78 is 38.8. The first-order chi connectivity index (χ1) is 10.3. The minimum Gasteiger partial charge on any atom is -0.392 e. The third kappa shape index (κ3) is 4.44. The molecule has 22 heavy (non-hydrogen) atoms. The van der Waals surface area contributed by atoms with Crippen LogP contribution in [0.3, 0.4) is 0 Å². The molecule has 1 heterocycles. The second-order valence-electron chi connectivity index (χ2n) is 6.11. The predicted molar refractivity (Wildman–Crippen MR) is 77.4 cm³/mol. The van der Waals surface area contributed by atoms with Gasteiger partial charge in [-0.05, 0) is 30.5 Å². The normalized spacial score (nSPS) is 25.2. The maximum atomic E-state index is 12.9. The predicted octanol–water partition coefficient (Wildman–Crippen LogP) is 2.31. The molecule has 0 spiro atoms. The summed E-state index contributed by atoms with van der Waals surface area (Å²) in [5.74, 6) is 0.222. The molecular weight excluding hydrogens is 295 g/mol. The van der Waals surface area contributed by atoms with Crippen molar-refractivity contribution in [2.75, 3.05) is 19.6 Å². The van der Waals surface area contributed by atoms with Crippen molar-refractivity contribution in [3.05, 3.63) is 35.4 Å². The van der Waals surface area contributed by atoms with Crippen LogP contribution in [0.2, 0.25) is 0 Å². The molecule has 0 amide bonds. The van der Waals surface area contributed by atoms with Crippen molar-refractivity contribution in [2.24, 2.45) is 5.92 Å². The molecule has 6 heteroatoms. The smallest absolute Gasteiger partial charge is 0.392 e. The molecule has 3 nitrogen and oxygen atoms in total. The van der Waals surface area contributed by atoms with Crippen molar-refractivity contribution in [2.45, 2.75) is 38.1 Å². The fraction of sp³-hybridized carbons (Fsp3) is 0.625. The van der Waals surface area contributed by atoms with Crippen LogP contribution in [0.15, 0.2) is 24.3 Å². The lowest BCUT2D eigenvalue weighted by molar-refractivity contribution is -0.138. The molecule has 0 bridgehead atoms. The van der Waals surface area contributed by atoms with Gasteiger partial charge in [0, 0.05) is 19.5 Å². The highest BCUT2D eigenvalue weighted by molar-refractivity contribution is 5.30. The van der Waals surface area contributed by atoms with Crippen LogP contribution in [0, 0.1) is 5.92 Å². The van der Waals surface area contributed by atoms with Gasteiger partial charge in [-0.15, -0.1) is 0 Å². The van der Waals surface area contributed by atoms with E-state index in [4.69, 9.17) is 0 Å². The van der Waals surface area contributed by atoms with Crippen LogP contribution in [0.1, 0.15) is 24.5 Å². The number of piperidine rings is 1. The van der Waals surface area contributed by atoms with Gasteiger partial charge in [-0.2, -0.15) is 13.2 Å². The van der Waals surface area contributed by atoms with Crippen molar-refractivity contribution < 1.29 is 23.4 Å². The Morgan fingerprint density at radius 2 is 2.00 bits per heavy atom. The Kier molecular flexibility index (Phi) is 5.47. The molecule has 2 N–H and O–H groups in total. The van der Waals surface area contributed by atoms with Gasteiger partial charge in [-0.3, -0.25) is 4.90 Å². The van der Waals surface area contributed by atoms with Crippen molar-refractivity contribution >= 4 is 0 Å². The Labute approximate surface area is 128 Å². The lowest BCUT2D eigenvalue weighted by atomic mass is 9.95. The Balaban J connectivity index is 1.97. The van der Waals surface area contributed by atoms with Gasteiger partial charge in [0.1, 0.15) is 0 Å². The Bertz CT molecular complexity index is 493. The summed E-state index contributed by atoms with van der Waals surface area (Å²) >= 11 is 0. The number of hydrogen-bond acceptors (Lipinski definition) is 3. The van der Waals surface area contributed by atoms with E-state index in [0.717, 1.165) is 19.0 Å². The number of halogens is 3. The number of alkyl halides is 3. The third-order valence-electron chi connectivity index (χ3n) is 4.25. The molecular formula is C16H22F3NO2. The van der Waals surface area contributed by atoms with E-state index < -0.39 is 23.9 Å². The van der Waals surface area contributed by atoms with Crippen molar-refractivity contribution in [1.82, 2.24) is 4.90 Å². The number of benzene rings is 1.